The van der Waals surface area contributed by atoms with Crippen LogP contribution in [0.3, 0.4) is 0 Å². The van der Waals surface area contributed by atoms with Gasteiger partial charge >= 0.3 is 0 Å². The predicted molar refractivity (Wildman–Crippen MR) is 130 cm³/mol. The predicted octanol–water partition coefficient (Wildman–Crippen LogP) is 5.06. The molecule has 5 aromatic rings. The average Bonchev–Trinajstić information content (AvgIpc) is 3.62. The van der Waals surface area contributed by atoms with Gasteiger partial charge in [0.15, 0.2) is 11.6 Å². The van der Waals surface area contributed by atoms with Gasteiger partial charge in [-0.25, -0.2) is 14.6 Å². The Bertz CT molecular complexity index is 1360. The maximum atomic E-state index is 5.89. The first-order chi connectivity index (χ1) is 17.1. The van der Waals surface area contributed by atoms with Crippen molar-refractivity contribution in [2.75, 3.05) is 6.61 Å². The molecule has 0 aliphatic rings. The van der Waals surface area contributed by atoms with E-state index in [0.717, 1.165) is 16.9 Å². The highest BCUT2D eigenvalue weighted by atomic mass is 16.5. The van der Waals surface area contributed by atoms with E-state index >= 15 is 0 Å². The zero-order valence-electron chi connectivity index (χ0n) is 19.6. The number of ether oxygens (including phenoxy) is 2. The first-order valence-electron chi connectivity index (χ1n) is 11.4. The molecule has 0 atom stereocenters. The number of nitrogens with zero attached hydrogens (tertiary/aromatic N) is 6. The number of aromatic nitrogens is 6. The van der Waals surface area contributed by atoms with Gasteiger partial charge in [0.2, 0.25) is 5.88 Å². The summed E-state index contributed by atoms with van der Waals surface area (Å²) in [6, 6.07) is 17.1. The van der Waals surface area contributed by atoms with E-state index in [9.17, 15) is 0 Å². The van der Waals surface area contributed by atoms with Crippen molar-refractivity contribution in [2.24, 2.45) is 0 Å². The number of furan rings is 1. The second-order valence-electron chi connectivity index (χ2n) is 8.20. The molecular formula is C26H26N6O3. The van der Waals surface area contributed by atoms with Gasteiger partial charge in [0.1, 0.15) is 17.8 Å². The summed E-state index contributed by atoms with van der Waals surface area (Å²) in [6.45, 7) is 5.63. The van der Waals surface area contributed by atoms with E-state index in [-0.39, 0.29) is 6.10 Å². The number of para-hydroxylation sites is 1. The molecule has 0 spiro atoms. The van der Waals surface area contributed by atoms with Gasteiger partial charge in [-0.15, -0.1) is 0 Å². The minimum absolute atomic E-state index is 0.133. The molecular weight excluding hydrogens is 444 g/mol. The van der Waals surface area contributed by atoms with Crippen LogP contribution in [-0.2, 0) is 17.8 Å². The van der Waals surface area contributed by atoms with Crippen LogP contribution in [0.1, 0.15) is 19.6 Å². The first-order valence-corrected chi connectivity index (χ1v) is 11.4. The normalized spacial score (nSPS) is 11.3. The Morgan fingerprint density at radius 3 is 2.69 bits per heavy atom. The molecule has 0 amide bonds. The lowest BCUT2D eigenvalue weighted by molar-refractivity contribution is 0.0712. The van der Waals surface area contributed by atoms with Gasteiger partial charge in [-0.2, -0.15) is 10.2 Å². The van der Waals surface area contributed by atoms with Gasteiger partial charge < -0.3 is 13.9 Å². The minimum Gasteiger partial charge on any atom is -0.467 e. The quantitative estimate of drug-likeness (QED) is 0.282. The van der Waals surface area contributed by atoms with Gasteiger partial charge in [-0.05, 0) is 44.2 Å². The van der Waals surface area contributed by atoms with Gasteiger partial charge in [0.05, 0.1) is 31.4 Å². The van der Waals surface area contributed by atoms with Crippen LogP contribution in [0, 0.1) is 0 Å². The number of pyridine rings is 1. The Labute approximate surface area is 203 Å². The molecule has 1 aromatic carbocycles. The van der Waals surface area contributed by atoms with Crippen molar-refractivity contribution < 1.29 is 13.9 Å². The molecule has 0 radical (unpaired) electrons. The summed E-state index contributed by atoms with van der Waals surface area (Å²) in [5.41, 5.74) is 1.64. The number of hydrogen-bond donors (Lipinski definition) is 0. The average molecular weight is 471 g/mol. The van der Waals surface area contributed by atoms with Crippen molar-refractivity contribution in [1.82, 2.24) is 29.5 Å². The molecule has 178 valence electrons. The molecule has 35 heavy (non-hydrogen) atoms. The van der Waals surface area contributed by atoms with E-state index in [1.165, 1.54) is 0 Å². The minimum atomic E-state index is 0.133. The number of rotatable bonds is 10. The maximum absolute atomic E-state index is 5.89. The van der Waals surface area contributed by atoms with Crippen LogP contribution >= 0.6 is 0 Å². The SMILES string of the molecule is CC(C)OCCn1nc(-c2ccnc(Oc3ccccc3)c2)nc1-c1coc(Cn2cccn2)c1. The van der Waals surface area contributed by atoms with E-state index in [2.05, 4.69) is 10.1 Å². The molecule has 4 heterocycles. The summed E-state index contributed by atoms with van der Waals surface area (Å²) in [6.07, 6.45) is 7.16. The zero-order chi connectivity index (χ0) is 24.0. The summed E-state index contributed by atoms with van der Waals surface area (Å²) in [7, 11) is 0. The second kappa shape index (κ2) is 10.4. The molecule has 9 nitrogen and oxygen atoms in total. The third kappa shape index (κ3) is 5.64. The highest BCUT2D eigenvalue weighted by Gasteiger charge is 2.17. The van der Waals surface area contributed by atoms with E-state index in [1.807, 2.05) is 79.3 Å². The summed E-state index contributed by atoms with van der Waals surface area (Å²) < 4.78 is 21.1. The number of benzene rings is 1. The first kappa shape index (κ1) is 22.5. The summed E-state index contributed by atoms with van der Waals surface area (Å²) in [5, 5.41) is 9.01. The molecule has 5 rings (SSSR count). The van der Waals surface area contributed by atoms with Crippen LogP contribution in [0.5, 0.6) is 11.6 Å². The zero-order valence-corrected chi connectivity index (χ0v) is 19.6. The van der Waals surface area contributed by atoms with Crippen molar-refractivity contribution >= 4 is 0 Å². The Morgan fingerprint density at radius 2 is 1.89 bits per heavy atom. The fourth-order valence-electron chi connectivity index (χ4n) is 3.56. The van der Waals surface area contributed by atoms with Gasteiger partial charge in [0, 0.05) is 30.2 Å². The highest BCUT2D eigenvalue weighted by molar-refractivity contribution is 5.62. The van der Waals surface area contributed by atoms with Crippen LogP contribution in [0.4, 0.5) is 0 Å². The molecule has 0 N–H and O–H groups in total. The van der Waals surface area contributed by atoms with Crippen LogP contribution < -0.4 is 4.74 Å². The molecule has 0 unspecified atom stereocenters. The van der Waals surface area contributed by atoms with Crippen molar-refractivity contribution in [3.63, 3.8) is 0 Å². The van der Waals surface area contributed by atoms with Crippen molar-refractivity contribution in [1.29, 1.82) is 0 Å². The lowest BCUT2D eigenvalue weighted by Crippen LogP contribution is -2.12. The summed E-state index contributed by atoms with van der Waals surface area (Å²) >= 11 is 0. The van der Waals surface area contributed by atoms with Crippen molar-refractivity contribution in [3.05, 3.63) is 85.2 Å². The van der Waals surface area contributed by atoms with Gasteiger partial charge in [-0.3, -0.25) is 4.68 Å². The second-order valence-corrected chi connectivity index (χ2v) is 8.20. The smallest absolute Gasteiger partial charge is 0.219 e. The standard InChI is InChI=1S/C26H26N6O3/c1-19(2)33-14-13-32-26(21-15-23(34-18-21)17-31-12-6-10-28-31)29-25(30-32)20-9-11-27-24(16-20)35-22-7-4-3-5-8-22/h3-12,15-16,18-19H,13-14,17H2,1-2H3. The van der Waals surface area contributed by atoms with Gasteiger partial charge in [0.25, 0.3) is 0 Å². The van der Waals surface area contributed by atoms with Crippen LogP contribution in [0.15, 0.2) is 83.9 Å². The third-order valence-electron chi connectivity index (χ3n) is 5.17. The molecule has 9 heteroatoms. The van der Waals surface area contributed by atoms with Crippen LogP contribution in [0.2, 0.25) is 0 Å². The Balaban J connectivity index is 1.43. The fraction of sp³-hybridized carbons (Fsp3) is 0.231. The van der Waals surface area contributed by atoms with E-state index in [1.54, 1.807) is 23.3 Å². The summed E-state index contributed by atoms with van der Waals surface area (Å²) in [4.78, 5) is 9.17. The van der Waals surface area contributed by atoms with E-state index in [0.29, 0.717) is 43.0 Å². The number of hydrogen-bond acceptors (Lipinski definition) is 7. The fourth-order valence-corrected chi connectivity index (χ4v) is 3.56. The lowest BCUT2D eigenvalue weighted by atomic mass is 10.2. The Kier molecular flexibility index (Phi) is 6.67. The molecule has 0 aliphatic heterocycles. The monoisotopic (exact) mass is 470 g/mol. The molecule has 0 aliphatic carbocycles. The van der Waals surface area contributed by atoms with E-state index < -0.39 is 0 Å². The van der Waals surface area contributed by atoms with E-state index in [4.69, 9.17) is 24.0 Å². The van der Waals surface area contributed by atoms with Crippen molar-refractivity contribution in [2.45, 2.75) is 33.0 Å². The summed E-state index contributed by atoms with van der Waals surface area (Å²) in [5.74, 6) is 3.23. The van der Waals surface area contributed by atoms with Gasteiger partial charge in [-0.1, -0.05) is 18.2 Å². The van der Waals surface area contributed by atoms with Crippen LogP contribution in [0.25, 0.3) is 22.8 Å². The molecule has 4 aromatic heterocycles. The van der Waals surface area contributed by atoms with Crippen LogP contribution in [-0.4, -0.2) is 42.2 Å². The van der Waals surface area contributed by atoms with Crippen molar-refractivity contribution in [3.8, 4) is 34.4 Å². The molecule has 0 fully saturated rings. The Hall–Kier alpha value is -4.24. The topological polar surface area (TPSA) is 93.0 Å². The maximum Gasteiger partial charge on any atom is 0.219 e. The Morgan fingerprint density at radius 1 is 1.00 bits per heavy atom. The largest absolute Gasteiger partial charge is 0.467 e. The lowest BCUT2D eigenvalue weighted by Gasteiger charge is -2.08. The third-order valence-corrected chi connectivity index (χ3v) is 5.17. The molecule has 0 saturated heterocycles. The highest BCUT2D eigenvalue weighted by Crippen LogP contribution is 2.27. The molecule has 0 bridgehead atoms. The molecule has 0 saturated carbocycles.